The summed E-state index contributed by atoms with van der Waals surface area (Å²) in [6.07, 6.45) is 1.23. The molecule has 21 heavy (non-hydrogen) atoms. The van der Waals surface area contributed by atoms with Gasteiger partial charge in [-0.1, -0.05) is 18.2 Å². The maximum atomic E-state index is 13.3. The van der Waals surface area contributed by atoms with E-state index in [0.29, 0.717) is 5.69 Å². The van der Waals surface area contributed by atoms with Gasteiger partial charge in [0.05, 0.1) is 12.8 Å². The Morgan fingerprint density at radius 3 is 2.52 bits per heavy atom. The van der Waals surface area contributed by atoms with Crippen molar-refractivity contribution in [2.24, 2.45) is 5.10 Å². The van der Waals surface area contributed by atoms with E-state index in [1.807, 2.05) is 0 Å². The van der Waals surface area contributed by atoms with Crippen molar-refractivity contribution in [1.29, 1.82) is 0 Å². The van der Waals surface area contributed by atoms with Gasteiger partial charge in [0.1, 0.15) is 11.6 Å². The van der Waals surface area contributed by atoms with Crippen molar-refractivity contribution in [3.63, 3.8) is 0 Å². The molecule has 0 atom stereocenters. The molecule has 0 saturated carbocycles. The standard InChI is InChI=1S/C15H13F2N3O/c16-12-5-7-13(8-6-12)18-10-15(21)20-19-9-11-3-1-2-4-14(11)17/h1-9,18H,10H2,(H,20,21)/b19-9+. The number of nitrogens with zero attached hydrogens (tertiary/aromatic N) is 1. The molecule has 0 fully saturated rings. The summed E-state index contributed by atoms with van der Waals surface area (Å²) < 4.78 is 26.0. The van der Waals surface area contributed by atoms with E-state index in [1.54, 1.807) is 18.2 Å². The van der Waals surface area contributed by atoms with Crippen molar-refractivity contribution < 1.29 is 13.6 Å². The first-order valence-corrected chi connectivity index (χ1v) is 6.21. The molecule has 0 aliphatic rings. The Hall–Kier alpha value is -2.76. The van der Waals surface area contributed by atoms with Crippen LogP contribution in [-0.2, 0) is 4.79 Å². The molecule has 0 saturated heterocycles. The highest BCUT2D eigenvalue weighted by Gasteiger charge is 2.00. The quantitative estimate of drug-likeness (QED) is 0.656. The van der Waals surface area contributed by atoms with Crippen LogP contribution in [0.15, 0.2) is 53.6 Å². The third-order valence-electron chi connectivity index (χ3n) is 2.60. The zero-order valence-electron chi connectivity index (χ0n) is 11.0. The minimum Gasteiger partial charge on any atom is -0.376 e. The Balaban J connectivity index is 1.80. The maximum Gasteiger partial charge on any atom is 0.259 e. The number of benzene rings is 2. The Kier molecular flexibility index (Phi) is 4.98. The zero-order chi connectivity index (χ0) is 15.1. The Labute approximate surface area is 120 Å². The molecule has 0 aliphatic carbocycles. The van der Waals surface area contributed by atoms with E-state index in [9.17, 15) is 13.6 Å². The molecule has 0 aliphatic heterocycles. The molecule has 6 heteroatoms. The third-order valence-corrected chi connectivity index (χ3v) is 2.60. The first-order chi connectivity index (χ1) is 10.1. The number of carbonyl (C=O) groups excluding carboxylic acids is 1. The van der Waals surface area contributed by atoms with Gasteiger partial charge in [-0.05, 0) is 30.3 Å². The minimum absolute atomic E-state index is 0.0275. The van der Waals surface area contributed by atoms with Crippen LogP contribution in [0.4, 0.5) is 14.5 Å². The first kappa shape index (κ1) is 14.6. The van der Waals surface area contributed by atoms with E-state index in [2.05, 4.69) is 15.8 Å². The maximum absolute atomic E-state index is 13.3. The highest BCUT2D eigenvalue weighted by atomic mass is 19.1. The zero-order valence-corrected chi connectivity index (χ0v) is 11.0. The molecule has 2 aromatic rings. The fraction of sp³-hybridized carbons (Fsp3) is 0.0667. The lowest BCUT2D eigenvalue weighted by atomic mass is 10.2. The smallest absolute Gasteiger partial charge is 0.259 e. The van der Waals surface area contributed by atoms with Crippen LogP contribution in [0.25, 0.3) is 0 Å². The van der Waals surface area contributed by atoms with Gasteiger partial charge in [0.25, 0.3) is 5.91 Å². The van der Waals surface area contributed by atoms with Crippen molar-refractivity contribution >= 4 is 17.8 Å². The second kappa shape index (κ2) is 7.14. The number of amides is 1. The molecule has 2 rings (SSSR count). The summed E-state index contributed by atoms with van der Waals surface area (Å²) in [6.45, 7) is -0.0275. The molecule has 0 spiro atoms. The summed E-state index contributed by atoms with van der Waals surface area (Å²) in [5, 5.41) is 6.47. The lowest BCUT2D eigenvalue weighted by Gasteiger charge is -2.04. The van der Waals surface area contributed by atoms with Crippen LogP contribution in [0, 0.1) is 11.6 Å². The molecule has 0 aromatic heterocycles. The number of hydrogen-bond donors (Lipinski definition) is 2. The third kappa shape index (κ3) is 4.68. The fourth-order valence-electron chi connectivity index (χ4n) is 1.54. The summed E-state index contributed by atoms with van der Waals surface area (Å²) in [5.41, 5.74) is 3.16. The van der Waals surface area contributed by atoms with E-state index >= 15 is 0 Å². The number of nitrogens with one attached hydrogen (secondary N) is 2. The summed E-state index contributed by atoms with van der Waals surface area (Å²) in [5.74, 6) is -1.16. The lowest BCUT2D eigenvalue weighted by Crippen LogP contribution is -2.25. The van der Waals surface area contributed by atoms with Gasteiger partial charge in [-0.15, -0.1) is 0 Å². The molecule has 0 bridgehead atoms. The van der Waals surface area contributed by atoms with Crippen molar-refractivity contribution in [3.05, 3.63) is 65.7 Å². The molecule has 0 radical (unpaired) electrons. The van der Waals surface area contributed by atoms with Crippen molar-refractivity contribution in [3.8, 4) is 0 Å². The number of halogens is 2. The van der Waals surface area contributed by atoms with Crippen LogP contribution in [0.3, 0.4) is 0 Å². The molecule has 4 nitrogen and oxygen atoms in total. The van der Waals surface area contributed by atoms with Crippen LogP contribution in [0.5, 0.6) is 0 Å². The van der Waals surface area contributed by atoms with Crippen LogP contribution in [0.2, 0.25) is 0 Å². The van der Waals surface area contributed by atoms with E-state index in [1.165, 1.54) is 36.5 Å². The first-order valence-electron chi connectivity index (χ1n) is 6.21. The molecule has 1 amide bonds. The van der Waals surface area contributed by atoms with E-state index in [0.717, 1.165) is 0 Å². The predicted molar refractivity (Wildman–Crippen MR) is 77.0 cm³/mol. The van der Waals surface area contributed by atoms with Crippen LogP contribution < -0.4 is 10.7 Å². The number of hydrogen-bond acceptors (Lipinski definition) is 3. The van der Waals surface area contributed by atoms with Crippen LogP contribution in [0.1, 0.15) is 5.56 Å². The van der Waals surface area contributed by atoms with Crippen molar-refractivity contribution in [2.75, 3.05) is 11.9 Å². The largest absolute Gasteiger partial charge is 0.376 e. The molecule has 0 unspecified atom stereocenters. The highest BCUT2D eigenvalue weighted by molar-refractivity contribution is 5.84. The van der Waals surface area contributed by atoms with Gasteiger partial charge in [-0.2, -0.15) is 5.10 Å². The topological polar surface area (TPSA) is 53.5 Å². The molecule has 108 valence electrons. The van der Waals surface area contributed by atoms with Gasteiger partial charge < -0.3 is 5.32 Å². The average molecular weight is 289 g/mol. The van der Waals surface area contributed by atoms with Gasteiger partial charge in [-0.3, -0.25) is 4.79 Å². The average Bonchev–Trinajstić information content (AvgIpc) is 2.49. The van der Waals surface area contributed by atoms with E-state index in [4.69, 9.17) is 0 Å². The Morgan fingerprint density at radius 2 is 1.81 bits per heavy atom. The number of anilines is 1. The number of carbonyl (C=O) groups is 1. The molecule has 2 aromatic carbocycles. The summed E-state index contributed by atoms with van der Waals surface area (Å²) in [7, 11) is 0. The van der Waals surface area contributed by atoms with Gasteiger partial charge in [-0.25, -0.2) is 14.2 Å². The lowest BCUT2D eigenvalue weighted by molar-refractivity contribution is -0.119. The van der Waals surface area contributed by atoms with Crippen molar-refractivity contribution in [1.82, 2.24) is 5.43 Å². The van der Waals surface area contributed by atoms with E-state index in [-0.39, 0.29) is 17.9 Å². The number of hydrazone groups is 1. The van der Waals surface area contributed by atoms with Gasteiger partial charge in [0.2, 0.25) is 0 Å². The molecular formula is C15H13F2N3O. The Morgan fingerprint density at radius 1 is 1.10 bits per heavy atom. The minimum atomic E-state index is -0.417. The monoisotopic (exact) mass is 289 g/mol. The highest BCUT2D eigenvalue weighted by Crippen LogP contribution is 2.07. The molecule has 0 heterocycles. The van der Waals surface area contributed by atoms with Crippen LogP contribution in [-0.4, -0.2) is 18.7 Å². The van der Waals surface area contributed by atoms with Gasteiger partial charge >= 0.3 is 0 Å². The van der Waals surface area contributed by atoms with Crippen molar-refractivity contribution in [2.45, 2.75) is 0 Å². The number of rotatable bonds is 5. The van der Waals surface area contributed by atoms with Crippen LogP contribution >= 0.6 is 0 Å². The normalized spacial score (nSPS) is 10.6. The Bertz CT molecular complexity index is 642. The summed E-state index contributed by atoms with van der Waals surface area (Å²) >= 11 is 0. The van der Waals surface area contributed by atoms with Gasteiger partial charge in [0, 0.05) is 11.3 Å². The predicted octanol–water partition coefficient (Wildman–Crippen LogP) is 2.53. The second-order valence-corrected chi connectivity index (χ2v) is 4.18. The van der Waals surface area contributed by atoms with E-state index < -0.39 is 11.7 Å². The fourth-order valence-corrected chi connectivity index (χ4v) is 1.54. The SMILES string of the molecule is O=C(CNc1ccc(F)cc1)N/N=C/c1ccccc1F. The second-order valence-electron chi connectivity index (χ2n) is 4.18. The summed E-state index contributed by atoms with van der Waals surface area (Å²) in [6, 6.07) is 11.7. The molecular weight excluding hydrogens is 276 g/mol. The molecule has 2 N–H and O–H groups in total. The van der Waals surface area contributed by atoms with Gasteiger partial charge in [0.15, 0.2) is 0 Å². The summed E-state index contributed by atoms with van der Waals surface area (Å²) in [4.78, 5) is 11.5.